The van der Waals surface area contributed by atoms with Crippen LogP contribution in [0.4, 0.5) is 0 Å². The van der Waals surface area contributed by atoms with Crippen molar-refractivity contribution in [2.24, 2.45) is 5.92 Å². The molecule has 4 heteroatoms. The van der Waals surface area contributed by atoms with E-state index < -0.39 is 0 Å². The summed E-state index contributed by atoms with van der Waals surface area (Å²) < 4.78 is 1.12. The Hall–Kier alpha value is -0.350. The van der Waals surface area contributed by atoms with Crippen molar-refractivity contribution in [3.05, 3.63) is 20.8 Å². The van der Waals surface area contributed by atoms with Gasteiger partial charge in [0, 0.05) is 12.5 Å². The van der Waals surface area contributed by atoms with Crippen LogP contribution in [-0.4, -0.2) is 5.91 Å². The number of hydrogen-bond acceptors (Lipinski definition) is 2. The summed E-state index contributed by atoms with van der Waals surface area (Å²) in [5.74, 6) is 0.502. The van der Waals surface area contributed by atoms with Crippen LogP contribution in [0.1, 0.15) is 24.8 Å². The van der Waals surface area contributed by atoms with Gasteiger partial charge in [-0.25, -0.2) is 0 Å². The van der Waals surface area contributed by atoms with Crippen LogP contribution in [0.15, 0.2) is 15.2 Å². The van der Waals surface area contributed by atoms with E-state index in [1.165, 1.54) is 12.0 Å². The molecule has 1 heterocycles. The summed E-state index contributed by atoms with van der Waals surface area (Å²) in [6.07, 6.45) is 3.34. The van der Waals surface area contributed by atoms with Crippen LogP contribution in [0.5, 0.6) is 0 Å². The van der Waals surface area contributed by atoms with E-state index in [2.05, 4.69) is 21.2 Å². The first-order valence-electron chi connectivity index (χ1n) is 4.77. The Kier molecular flexibility index (Phi) is 3.23. The molecule has 1 aromatic heterocycles. The molecule has 14 heavy (non-hydrogen) atoms. The molecule has 0 unspecified atom stereocenters. The van der Waals surface area contributed by atoms with E-state index in [1.807, 2.05) is 11.4 Å². The Labute approximate surface area is 95.8 Å². The van der Waals surface area contributed by atoms with Gasteiger partial charge >= 0.3 is 0 Å². The monoisotopic (exact) mass is 273 g/mol. The first-order chi connectivity index (χ1) is 6.77. The van der Waals surface area contributed by atoms with Gasteiger partial charge in [0.2, 0.25) is 5.91 Å². The molecule has 1 saturated carbocycles. The zero-order valence-electron chi connectivity index (χ0n) is 7.75. The van der Waals surface area contributed by atoms with Gasteiger partial charge in [0.15, 0.2) is 0 Å². The fourth-order valence-electron chi connectivity index (χ4n) is 1.44. The Bertz CT molecular complexity index is 333. The average Bonchev–Trinajstić information content (AvgIpc) is 2.44. The molecule has 1 fully saturated rings. The number of rotatable bonds is 3. The van der Waals surface area contributed by atoms with Gasteiger partial charge in [0.05, 0.1) is 3.79 Å². The average molecular weight is 274 g/mol. The SMILES string of the molecule is O=C(NCc1ccsc1Br)C1CCC1. The number of hydrogen-bond donors (Lipinski definition) is 1. The Morgan fingerprint density at radius 2 is 2.43 bits per heavy atom. The topological polar surface area (TPSA) is 29.1 Å². The van der Waals surface area contributed by atoms with Crippen LogP contribution in [0.25, 0.3) is 0 Å². The summed E-state index contributed by atoms with van der Waals surface area (Å²) in [5, 5.41) is 4.99. The van der Waals surface area contributed by atoms with Crippen molar-refractivity contribution in [3.8, 4) is 0 Å². The third-order valence-electron chi connectivity index (χ3n) is 2.62. The molecule has 1 aliphatic carbocycles. The van der Waals surface area contributed by atoms with Crippen molar-refractivity contribution in [1.29, 1.82) is 0 Å². The van der Waals surface area contributed by atoms with Crippen molar-refractivity contribution in [3.63, 3.8) is 0 Å². The van der Waals surface area contributed by atoms with Crippen molar-refractivity contribution < 1.29 is 4.79 Å². The fraction of sp³-hybridized carbons (Fsp3) is 0.500. The van der Waals surface area contributed by atoms with Gasteiger partial charge in [-0.2, -0.15) is 0 Å². The standard InChI is InChI=1S/C10H12BrNOS/c11-9-8(4-5-14-9)6-12-10(13)7-2-1-3-7/h4-5,7H,1-3,6H2,(H,12,13). The number of carbonyl (C=O) groups excluding carboxylic acids is 1. The highest BCUT2D eigenvalue weighted by atomic mass is 79.9. The maximum Gasteiger partial charge on any atom is 0.223 e. The number of carbonyl (C=O) groups is 1. The maximum absolute atomic E-state index is 11.5. The highest BCUT2D eigenvalue weighted by Gasteiger charge is 2.24. The van der Waals surface area contributed by atoms with E-state index in [1.54, 1.807) is 11.3 Å². The fourth-order valence-corrected chi connectivity index (χ4v) is 2.68. The van der Waals surface area contributed by atoms with Crippen LogP contribution in [0.3, 0.4) is 0 Å². The molecule has 1 amide bonds. The minimum absolute atomic E-state index is 0.217. The van der Waals surface area contributed by atoms with Crippen molar-refractivity contribution in [2.75, 3.05) is 0 Å². The minimum atomic E-state index is 0.217. The number of halogens is 1. The lowest BCUT2D eigenvalue weighted by atomic mass is 9.85. The van der Waals surface area contributed by atoms with Gasteiger partial charge in [0.25, 0.3) is 0 Å². The molecule has 0 bridgehead atoms. The van der Waals surface area contributed by atoms with Gasteiger partial charge in [-0.15, -0.1) is 11.3 Å². The van der Waals surface area contributed by atoms with Gasteiger partial charge in [0.1, 0.15) is 0 Å². The maximum atomic E-state index is 11.5. The number of amides is 1. The van der Waals surface area contributed by atoms with E-state index in [4.69, 9.17) is 0 Å². The molecule has 76 valence electrons. The quantitative estimate of drug-likeness (QED) is 0.902. The van der Waals surface area contributed by atoms with E-state index in [0.29, 0.717) is 6.54 Å². The third kappa shape index (κ3) is 2.17. The number of thiophene rings is 1. The predicted molar refractivity (Wildman–Crippen MR) is 61.2 cm³/mol. The van der Waals surface area contributed by atoms with Gasteiger partial charge in [-0.1, -0.05) is 6.42 Å². The molecule has 1 aliphatic rings. The smallest absolute Gasteiger partial charge is 0.223 e. The van der Waals surface area contributed by atoms with Crippen LogP contribution < -0.4 is 5.32 Å². The summed E-state index contributed by atoms with van der Waals surface area (Å²) in [7, 11) is 0. The summed E-state index contributed by atoms with van der Waals surface area (Å²) in [6.45, 7) is 0.652. The molecule has 0 radical (unpaired) electrons. The van der Waals surface area contributed by atoms with Crippen LogP contribution in [0, 0.1) is 5.92 Å². The van der Waals surface area contributed by atoms with Crippen LogP contribution in [-0.2, 0) is 11.3 Å². The normalized spacial score (nSPS) is 16.4. The molecular formula is C10H12BrNOS. The van der Waals surface area contributed by atoms with Gasteiger partial charge < -0.3 is 5.32 Å². The van der Waals surface area contributed by atoms with E-state index in [-0.39, 0.29) is 11.8 Å². The molecule has 2 rings (SSSR count). The molecule has 0 spiro atoms. The summed E-state index contributed by atoms with van der Waals surface area (Å²) in [5.41, 5.74) is 1.17. The zero-order valence-corrected chi connectivity index (χ0v) is 10.2. The largest absolute Gasteiger partial charge is 0.352 e. The first-order valence-corrected chi connectivity index (χ1v) is 6.44. The Morgan fingerprint density at radius 3 is 2.93 bits per heavy atom. The summed E-state index contributed by atoms with van der Waals surface area (Å²) >= 11 is 5.10. The second-order valence-corrected chi connectivity index (χ2v) is 5.80. The van der Waals surface area contributed by atoms with E-state index in [0.717, 1.165) is 16.6 Å². The lowest BCUT2D eigenvalue weighted by Gasteiger charge is -2.23. The summed E-state index contributed by atoms with van der Waals surface area (Å²) in [4.78, 5) is 11.5. The van der Waals surface area contributed by atoms with Crippen molar-refractivity contribution in [2.45, 2.75) is 25.8 Å². The molecule has 2 nitrogen and oxygen atoms in total. The second-order valence-electron chi connectivity index (χ2n) is 3.57. The molecular weight excluding hydrogens is 262 g/mol. The zero-order chi connectivity index (χ0) is 9.97. The van der Waals surface area contributed by atoms with Crippen LogP contribution in [0.2, 0.25) is 0 Å². The molecule has 0 aromatic carbocycles. The predicted octanol–water partition coefficient (Wildman–Crippen LogP) is 2.93. The minimum Gasteiger partial charge on any atom is -0.352 e. The second kappa shape index (κ2) is 4.45. The van der Waals surface area contributed by atoms with Gasteiger partial charge in [-0.3, -0.25) is 4.79 Å². The van der Waals surface area contributed by atoms with E-state index in [9.17, 15) is 4.79 Å². The Balaban J connectivity index is 1.82. The molecule has 1 N–H and O–H groups in total. The molecule has 1 aromatic rings. The van der Waals surface area contributed by atoms with Crippen LogP contribution >= 0.6 is 27.3 Å². The van der Waals surface area contributed by atoms with Crippen molar-refractivity contribution >= 4 is 33.2 Å². The lowest BCUT2D eigenvalue weighted by Crippen LogP contribution is -2.33. The number of nitrogens with one attached hydrogen (secondary N) is 1. The highest BCUT2D eigenvalue weighted by Crippen LogP contribution is 2.27. The molecule has 0 aliphatic heterocycles. The van der Waals surface area contributed by atoms with Crippen molar-refractivity contribution in [1.82, 2.24) is 5.32 Å². The van der Waals surface area contributed by atoms with Gasteiger partial charge in [-0.05, 0) is 45.8 Å². The lowest BCUT2D eigenvalue weighted by molar-refractivity contribution is -0.127. The molecule has 0 atom stereocenters. The first kappa shape index (κ1) is 10.2. The Morgan fingerprint density at radius 1 is 1.64 bits per heavy atom. The molecule has 0 saturated heterocycles. The summed E-state index contributed by atoms with van der Waals surface area (Å²) in [6, 6.07) is 2.04. The third-order valence-corrected chi connectivity index (χ3v) is 4.43. The van der Waals surface area contributed by atoms with E-state index >= 15 is 0 Å². The highest BCUT2D eigenvalue weighted by molar-refractivity contribution is 9.11.